The van der Waals surface area contributed by atoms with Gasteiger partial charge in [0.25, 0.3) is 0 Å². The molecule has 0 aromatic carbocycles. The van der Waals surface area contributed by atoms with E-state index in [1.807, 2.05) is 41.5 Å². The summed E-state index contributed by atoms with van der Waals surface area (Å²) in [6.45, 7) is 14.3. The van der Waals surface area contributed by atoms with Gasteiger partial charge in [0.2, 0.25) is 23.1 Å². The molecule has 202 valence electrons. The third-order valence-electron chi connectivity index (χ3n) is 10.8. The first-order valence-electron chi connectivity index (χ1n) is 13.2. The topological polar surface area (TPSA) is 127 Å². The highest BCUT2D eigenvalue weighted by Gasteiger charge is 2.68. The number of allylic oxidation sites excluding steroid dienone is 6. The standard InChI is InChI=1S/C30H34O8/c1-13-15(21(33)17-23(19(13)31)37-29(35)9-25(3,4)27(17,7)11-29)16-14(2)20(32)24-18(22(16)34)28(8)12-30(36,38-24)10-26(28,5)6/h35-36H,9-12H2,1-8H3/t27-,28-,29+,30+/m1/s1. The maximum Gasteiger partial charge on any atom is 0.224 e. The van der Waals surface area contributed by atoms with Gasteiger partial charge in [0.1, 0.15) is 0 Å². The predicted octanol–water partition coefficient (Wildman–Crippen LogP) is 3.52. The summed E-state index contributed by atoms with van der Waals surface area (Å²) in [5.41, 5.74) is -2.82. The minimum absolute atomic E-state index is 0.00340. The van der Waals surface area contributed by atoms with E-state index in [2.05, 4.69) is 0 Å². The molecule has 4 bridgehead atoms. The highest BCUT2D eigenvalue weighted by Crippen LogP contribution is 2.67. The molecule has 6 rings (SSSR count). The molecule has 2 aliphatic heterocycles. The first-order chi connectivity index (χ1) is 17.2. The van der Waals surface area contributed by atoms with Crippen molar-refractivity contribution in [2.75, 3.05) is 0 Å². The van der Waals surface area contributed by atoms with Crippen LogP contribution in [0.5, 0.6) is 0 Å². The van der Waals surface area contributed by atoms with E-state index in [1.54, 1.807) is 0 Å². The fraction of sp³-hybridized carbons (Fsp3) is 0.600. The molecule has 2 heterocycles. The summed E-state index contributed by atoms with van der Waals surface area (Å²) in [6, 6.07) is 0. The average Bonchev–Trinajstić information content (AvgIpc) is 3.00. The molecule has 8 heteroatoms. The summed E-state index contributed by atoms with van der Waals surface area (Å²) >= 11 is 0. The van der Waals surface area contributed by atoms with Crippen LogP contribution in [0.1, 0.15) is 81.1 Å². The Bertz CT molecular complexity index is 1350. The summed E-state index contributed by atoms with van der Waals surface area (Å²) in [5.74, 6) is -5.65. The van der Waals surface area contributed by atoms with E-state index < -0.39 is 56.4 Å². The Morgan fingerprint density at radius 3 is 1.18 bits per heavy atom. The molecule has 0 aromatic heterocycles. The molecule has 2 saturated carbocycles. The minimum Gasteiger partial charge on any atom is -0.458 e. The average molecular weight is 523 g/mol. The lowest BCUT2D eigenvalue weighted by molar-refractivity contribution is -0.188. The maximum absolute atomic E-state index is 14.4. The van der Waals surface area contributed by atoms with Crippen LogP contribution in [-0.2, 0) is 28.7 Å². The number of ketones is 4. The number of hydrogen-bond donors (Lipinski definition) is 2. The zero-order chi connectivity index (χ0) is 28.2. The Kier molecular flexibility index (Phi) is 4.45. The van der Waals surface area contributed by atoms with Crippen molar-refractivity contribution in [1.29, 1.82) is 0 Å². The van der Waals surface area contributed by atoms with Gasteiger partial charge >= 0.3 is 0 Å². The van der Waals surface area contributed by atoms with Crippen molar-refractivity contribution in [3.63, 3.8) is 0 Å². The molecule has 0 unspecified atom stereocenters. The molecule has 0 aromatic rings. The van der Waals surface area contributed by atoms with E-state index in [0.717, 1.165) is 0 Å². The second kappa shape index (κ2) is 6.65. The molecule has 0 saturated heterocycles. The van der Waals surface area contributed by atoms with Crippen molar-refractivity contribution in [1.82, 2.24) is 0 Å². The van der Waals surface area contributed by atoms with Crippen LogP contribution in [0, 0.1) is 21.7 Å². The van der Waals surface area contributed by atoms with E-state index >= 15 is 0 Å². The number of carbonyl (C=O) groups excluding carboxylic acids is 4. The van der Waals surface area contributed by atoms with Crippen LogP contribution in [-0.4, -0.2) is 44.9 Å². The quantitative estimate of drug-likeness (QED) is 0.501. The Hall–Kier alpha value is -2.84. The lowest BCUT2D eigenvalue weighted by atomic mass is 9.59. The first kappa shape index (κ1) is 25.4. The van der Waals surface area contributed by atoms with E-state index in [4.69, 9.17) is 9.47 Å². The fourth-order valence-electron chi connectivity index (χ4n) is 8.25. The molecule has 0 radical (unpaired) electrons. The van der Waals surface area contributed by atoms with Crippen LogP contribution in [0.25, 0.3) is 0 Å². The molecule has 6 aliphatic rings. The Morgan fingerprint density at radius 1 is 0.553 bits per heavy atom. The van der Waals surface area contributed by atoms with Crippen LogP contribution >= 0.6 is 0 Å². The zero-order valence-electron chi connectivity index (χ0n) is 23.2. The van der Waals surface area contributed by atoms with Crippen molar-refractivity contribution in [3.8, 4) is 0 Å². The number of fused-ring (bicyclic) bond motifs is 6. The van der Waals surface area contributed by atoms with Gasteiger partial charge in [-0.2, -0.15) is 0 Å². The van der Waals surface area contributed by atoms with Crippen LogP contribution in [0.2, 0.25) is 0 Å². The monoisotopic (exact) mass is 522 g/mol. The molecule has 38 heavy (non-hydrogen) atoms. The second-order valence-corrected chi connectivity index (χ2v) is 14.0. The molecule has 4 aliphatic carbocycles. The molecule has 8 nitrogen and oxygen atoms in total. The van der Waals surface area contributed by atoms with Crippen molar-refractivity contribution in [2.24, 2.45) is 21.7 Å². The molecule has 0 amide bonds. The number of carbonyl (C=O) groups is 4. The minimum atomic E-state index is -1.56. The van der Waals surface area contributed by atoms with E-state index in [0.29, 0.717) is 0 Å². The van der Waals surface area contributed by atoms with Crippen LogP contribution in [0.15, 0.2) is 45.0 Å². The normalized spacial score (nSPS) is 41.0. The number of hydrogen-bond acceptors (Lipinski definition) is 8. The van der Waals surface area contributed by atoms with Gasteiger partial charge in [0, 0.05) is 58.8 Å². The van der Waals surface area contributed by atoms with Crippen molar-refractivity contribution < 1.29 is 38.9 Å². The van der Waals surface area contributed by atoms with Gasteiger partial charge < -0.3 is 19.7 Å². The number of aliphatic hydroxyl groups is 2. The fourth-order valence-corrected chi connectivity index (χ4v) is 8.25. The third kappa shape index (κ3) is 2.68. The van der Waals surface area contributed by atoms with Gasteiger partial charge in [-0.1, -0.05) is 41.5 Å². The van der Waals surface area contributed by atoms with Gasteiger partial charge in [-0.25, -0.2) is 0 Å². The highest BCUT2D eigenvalue weighted by atomic mass is 16.6. The number of ether oxygens (including phenoxy) is 2. The number of Topliss-reactive ketones (excluding diaryl/α,β-unsaturated/α-hetero) is 4. The first-order valence-corrected chi connectivity index (χ1v) is 13.2. The lowest BCUT2D eigenvalue weighted by Gasteiger charge is -2.45. The number of rotatable bonds is 1. The third-order valence-corrected chi connectivity index (χ3v) is 10.8. The smallest absolute Gasteiger partial charge is 0.224 e. The van der Waals surface area contributed by atoms with Crippen LogP contribution in [0.4, 0.5) is 0 Å². The van der Waals surface area contributed by atoms with Crippen LogP contribution < -0.4 is 0 Å². The molecule has 4 atom stereocenters. The predicted molar refractivity (Wildman–Crippen MR) is 134 cm³/mol. The summed E-state index contributed by atoms with van der Waals surface area (Å²) in [5, 5.41) is 22.2. The Labute approximate surface area is 221 Å². The Morgan fingerprint density at radius 2 is 0.868 bits per heavy atom. The molecular weight excluding hydrogens is 488 g/mol. The Balaban J connectivity index is 1.54. The highest BCUT2D eigenvalue weighted by molar-refractivity contribution is 6.35. The van der Waals surface area contributed by atoms with Crippen molar-refractivity contribution >= 4 is 23.1 Å². The molecular formula is C30H34O8. The molecule has 2 N–H and O–H groups in total. The SMILES string of the molecule is CC1=C(C2=C(C)C(=O)C3=C(C2=O)[C@@]2(C)C[C@](O)(CC2(C)C)O3)C(=O)C2=C(O[C@@]3(O)CC(C)(C)[C@]2(C)C3)C1=O. The summed E-state index contributed by atoms with van der Waals surface area (Å²) in [4.78, 5) is 56.1. The van der Waals surface area contributed by atoms with Crippen LogP contribution in [0.3, 0.4) is 0 Å². The van der Waals surface area contributed by atoms with Gasteiger partial charge in [0.05, 0.1) is 11.1 Å². The summed E-state index contributed by atoms with van der Waals surface area (Å²) < 4.78 is 11.6. The van der Waals surface area contributed by atoms with E-state index in [1.165, 1.54) is 13.8 Å². The molecule has 2 fully saturated rings. The van der Waals surface area contributed by atoms with E-state index in [9.17, 15) is 29.4 Å². The van der Waals surface area contributed by atoms with Gasteiger partial charge in [-0.3, -0.25) is 19.2 Å². The lowest BCUT2D eigenvalue weighted by Crippen LogP contribution is -2.47. The zero-order valence-corrected chi connectivity index (χ0v) is 23.2. The molecule has 0 spiro atoms. The van der Waals surface area contributed by atoms with Gasteiger partial charge in [0.15, 0.2) is 23.1 Å². The van der Waals surface area contributed by atoms with Crippen molar-refractivity contribution in [2.45, 2.75) is 92.6 Å². The largest absolute Gasteiger partial charge is 0.458 e. The summed E-state index contributed by atoms with van der Waals surface area (Å²) in [6.07, 6.45) is 0.745. The van der Waals surface area contributed by atoms with Gasteiger partial charge in [-0.15, -0.1) is 0 Å². The summed E-state index contributed by atoms with van der Waals surface area (Å²) in [7, 11) is 0. The van der Waals surface area contributed by atoms with E-state index in [-0.39, 0.29) is 70.6 Å². The van der Waals surface area contributed by atoms with Gasteiger partial charge in [-0.05, 0) is 24.7 Å². The maximum atomic E-state index is 14.4. The second-order valence-electron chi connectivity index (χ2n) is 14.0. The van der Waals surface area contributed by atoms with Crippen molar-refractivity contribution in [3.05, 3.63) is 45.0 Å².